The Balaban J connectivity index is 1.96. The highest BCUT2D eigenvalue weighted by atomic mass is 15.0. The van der Waals surface area contributed by atoms with Gasteiger partial charge in [0.25, 0.3) is 0 Å². The number of nitrogens with zero attached hydrogens (tertiary/aromatic N) is 1. The molecule has 1 saturated heterocycles. The molecule has 0 aromatic carbocycles. The topological polar surface area (TPSA) is 54.9 Å². The Morgan fingerprint density at radius 3 is 3.00 bits per heavy atom. The molecule has 1 fully saturated rings. The van der Waals surface area contributed by atoms with Crippen molar-refractivity contribution in [3.63, 3.8) is 0 Å². The molecular weight excluding hydrogens is 188 g/mol. The summed E-state index contributed by atoms with van der Waals surface area (Å²) in [7, 11) is 0. The van der Waals surface area contributed by atoms with Gasteiger partial charge in [-0.3, -0.25) is 0 Å². The molecule has 0 spiro atoms. The number of piperidine rings is 1. The fourth-order valence-electron chi connectivity index (χ4n) is 2.20. The van der Waals surface area contributed by atoms with E-state index < -0.39 is 0 Å². The first-order valence-electron chi connectivity index (χ1n) is 5.50. The van der Waals surface area contributed by atoms with Gasteiger partial charge in [0.1, 0.15) is 16.9 Å². The van der Waals surface area contributed by atoms with Crippen molar-refractivity contribution in [2.24, 2.45) is 0 Å². The number of hydrogen-bond donors (Lipinski definition) is 2. The molecule has 3 rings (SSSR count). The van der Waals surface area contributed by atoms with Crippen molar-refractivity contribution in [2.45, 2.75) is 18.8 Å². The van der Waals surface area contributed by atoms with E-state index in [4.69, 9.17) is 0 Å². The van der Waals surface area contributed by atoms with Crippen LogP contribution in [0.3, 0.4) is 0 Å². The van der Waals surface area contributed by atoms with E-state index in [1.165, 1.54) is 12.8 Å². The number of hydrogen-bond acceptors (Lipinski definition) is 2. The molecule has 2 aromatic rings. The number of rotatable bonds is 1. The van der Waals surface area contributed by atoms with Crippen molar-refractivity contribution in [3.8, 4) is 0 Å². The highest BCUT2D eigenvalue weighted by Crippen LogP contribution is 2.24. The molecule has 1 aliphatic heterocycles. The van der Waals surface area contributed by atoms with Crippen LogP contribution in [0.25, 0.3) is 11.0 Å². The van der Waals surface area contributed by atoms with Crippen LogP contribution in [0, 0.1) is 0 Å². The standard InChI is InChI=1S/C11H14N4/c1-4-12-5-2-8(1)11-14-9-3-6-13-7-10(9)15-11/h3,6-8,12H,1-2,4-5H2,(H,14,15)/p+1. The molecule has 0 aliphatic carbocycles. The summed E-state index contributed by atoms with van der Waals surface area (Å²) in [6, 6.07) is 2.01. The fraction of sp³-hybridized carbons (Fsp3) is 0.455. The lowest BCUT2D eigenvalue weighted by molar-refractivity contribution is -0.376. The molecule has 3 heterocycles. The van der Waals surface area contributed by atoms with Gasteiger partial charge in [-0.25, -0.2) is 9.97 Å². The smallest absolute Gasteiger partial charge is 0.193 e. The van der Waals surface area contributed by atoms with Gasteiger partial charge in [-0.05, 0) is 25.9 Å². The van der Waals surface area contributed by atoms with Crippen LogP contribution in [0.4, 0.5) is 0 Å². The molecule has 4 heteroatoms. The largest absolute Gasteiger partial charge is 0.337 e. The zero-order chi connectivity index (χ0) is 10.1. The predicted molar refractivity (Wildman–Crippen MR) is 57.5 cm³/mol. The van der Waals surface area contributed by atoms with E-state index in [1.807, 2.05) is 18.5 Å². The molecule has 1 aliphatic rings. The minimum Gasteiger partial charge on any atom is -0.337 e. The van der Waals surface area contributed by atoms with Crippen molar-refractivity contribution < 1.29 is 4.98 Å². The lowest BCUT2D eigenvalue weighted by Gasteiger charge is -2.20. The monoisotopic (exact) mass is 203 g/mol. The minimum atomic E-state index is 0.596. The van der Waals surface area contributed by atoms with E-state index in [-0.39, 0.29) is 0 Å². The van der Waals surface area contributed by atoms with Crippen molar-refractivity contribution in [3.05, 3.63) is 24.3 Å². The molecular formula is C11H15N4+. The van der Waals surface area contributed by atoms with Gasteiger partial charge in [-0.15, -0.1) is 0 Å². The van der Waals surface area contributed by atoms with E-state index in [0.29, 0.717) is 5.92 Å². The van der Waals surface area contributed by atoms with Gasteiger partial charge in [-0.1, -0.05) is 0 Å². The summed E-state index contributed by atoms with van der Waals surface area (Å²) in [5, 5.41) is 3.37. The normalized spacial score (nSPS) is 18.4. The van der Waals surface area contributed by atoms with Crippen molar-refractivity contribution in [1.82, 2.24) is 15.3 Å². The van der Waals surface area contributed by atoms with Crippen LogP contribution in [-0.4, -0.2) is 23.1 Å². The highest BCUT2D eigenvalue weighted by molar-refractivity contribution is 5.72. The van der Waals surface area contributed by atoms with Crippen LogP contribution < -0.4 is 10.3 Å². The minimum absolute atomic E-state index is 0.596. The molecule has 15 heavy (non-hydrogen) atoms. The quantitative estimate of drug-likeness (QED) is 0.721. The lowest BCUT2D eigenvalue weighted by atomic mass is 9.98. The van der Waals surface area contributed by atoms with E-state index in [0.717, 1.165) is 29.9 Å². The first kappa shape index (κ1) is 8.85. The molecule has 78 valence electrons. The van der Waals surface area contributed by atoms with Gasteiger partial charge < -0.3 is 10.3 Å². The third kappa shape index (κ3) is 1.61. The maximum atomic E-state index is 4.63. The molecule has 0 atom stereocenters. The molecule has 0 bridgehead atoms. The Hall–Kier alpha value is -1.42. The predicted octanol–water partition coefficient (Wildman–Crippen LogP) is 0.844. The van der Waals surface area contributed by atoms with E-state index in [2.05, 4.69) is 20.3 Å². The number of aromatic amines is 2. The van der Waals surface area contributed by atoms with Crippen molar-refractivity contribution in [2.75, 3.05) is 13.1 Å². The zero-order valence-electron chi connectivity index (χ0n) is 8.59. The Labute approximate surface area is 88.1 Å². The molecule has 0 saturated carbocycles. The Bertz CT molecular complexity index is 423. The average molecular weight is 203 g/mol. The summed E-state index contributed by atoms with van der Waals surface area (Å²) in [4.78, 5) is 11.1. The summed E-state index contributed by atoms with van der Waals surface area (Å²) in [6.45, 7) is 2.21. The molecule has 0 amide bonds. The Morgan fingerprint density at radius 2 is 2.20 bits per heavy atom. The number of H-pyrrole nitrogens is 2. The summed E-state index contributed by atoms with van der Waals surface area (Å²) in [5.41, 5.74) is 2.16. The van der Waals surface area contributed by atoms with Crippen LogP contribution in [0.5, 0.6) is 0 Å². The molecule has 3 N–H and O–H groups in total. The van der Waals surface area contributed by atoms with Gasteiger partial charge in [-0.2, -0.15) is 0 Å². The third-order valence-corrected chi connectivity index (χ3v) is 3.07. The van der Waals surface area contributed by atoms with E-state index in [9.17, 15) is 0 Å². The molecule has 4 nitrogen and oxygen atoms in total. The lowest BCUT2D eigenvalue weighted by Crippen LogP contribution is -2.27. The Morgan fingerprint density at radius 1 is 1.33 bits per heavy atom. The van der Waals surface area contributed by atoms with Crippen LogP contribution in [0.2, 0.25) is 0 Å². The first-order valence-corrected chi connectivity index (χ1v) is 5.50. The zero-order valence-corrected chi connectivity index (χ0v) is 8.59. The second-order valence-electron chi connectivity index (χ2n) is 4.09. The summed E-state index contributed by atoms with van der Waals surface area (Å²) in [6.07, 6.45) is 6.25. The van der Waals surface area contributed by atoms with Gasteiger partial charge in [0.15, 0.2) is 12.4 Å². The molecule has 2 aromatic heterocycles. The number of nitrogens with one attached hydrogen (secondary N) is 3. The number of aromatic nitrogens is 3. The second kappa shape index (κ2) is 3.62. The Kier molecular flexibility index (Phi) is 2.14. The molecule has 0 unspecified atom stereocenters. The van der Waals surface area contributed by atoms with E-state index >= 15 is 0 Å². The van der Waals surface area contributed by atoms with Crippen LogP contribution in [0.1, 0.15) is 24.6 Å². The van der Waals surface area contributed by atoms with Crippen molar-refractivity contribution >= 4 is 11.0 Å². The SMILES string of the molecule is c1cc2nc(C3CCNCC3)[nH]c2c[nH+]1. The average Bonchev–Trinajstić information content (AvgIpc) is 2.74. The highest BCUT2D eigenvalue weighted by Gasteiger charge is 2.18. The number of imidazole rings is 1. The van der Waals surface area contributed by atoms with Crippen LogP contribution >= 0.6 is 0 Å². The summed E-state index contributed by atoms with van der Waals surface area (Å²) >= 11 is 0. The maximum absolute atomic E-state index is 4.63. The van der Waals surface area contributed by atoms with Gasteiger partial charge in [0, 0.05) is 12.0 Å². The fourth-order valence-corrected chi connectivity index (χ4v) is 2.20. The van der Waals surface area contributed by atoms with Gasteiger partial charge >= 0.3 is 0 Å². The van der Waals surface area contributed by atoms with Gasteiger partial charge in [0.2, 0.25) is 0 Å². The van der Waals surface area contributed by atoms with E-state index in [1.54, 1.807) is 0 Å². The summed E-state index contributed by atoms with van der Waals surface area (Å²) in [5.74, 6) is 1.74. The molecule has 0 radical (unpaired) electrons. The number of pyridine rings is 1. The second-order valence-corrected chi connectivity index (χ2v) is 4.09. The third-order valence-electron chi connectivity index (χ3n) is 3.07. The first-order chi connectivity index (χ1) is 7.43. The van der Waals surface area contributed by atoms with Gasteiger partial charge in [0.05, 0.1) is 0 Å². The van der Waals surface area contributed by atoms with Crippen LogP contribution in [0.15, 0.2) is 18.5 Å². The summed E-state index contributed by atoms with van der Waals surface area (Å²) < 4.78 is 0. The van der Waals surface area contributed by atoms with Crippen LogP contribution in [-0.2, 0) is 0 Å². The number of fused-ring (bicyclic) bond motifs is 1. The van der Waals surface area contributed by atoms with Crippen molar-refractivity contribution in [1.29, 1.82) is 0 Å². The maximum Gasteiger partial charge on any atom is 0.193 e.